The Kier molecular flexibility index (Phi) is 5.20. The van der Waals surface area contributed by atoms with Crippen molar-refractivity contribution in [1.82, 2.24) is 9.71 Å². The number of carbonyl (C=O) groups excluding carboxylic acids is 1. The Labute approximate surface area is 156 Å². The number of aromatic nitrogens is 1. The molecule has 3 aromatic rings. The molecule has 0 aliphatic carbocycles. The molecule has 26 heavy (non-hydrogen) atoms. The van der Waals surface area contributed by atoms with Crippen LogP contribution in [0.2, 0.25) is 0 Å². The number of hydrogen-bond donors (Lipinski definition) is 1. The Morgan fingerprint density at radius 1 is 1.04 bits per heavy atom. The highest BCUT2D eigenvalue weighted by Crippen LogP contribution is 2.34. The zero-order chi connectivity index (χ0) is 18.7. The van der Waals surface area contributed by atoms with Crippen molar-refractivity contribution in [2.75, 3.05) is 6.26 Å². The summed E-state index contributed by atoms with van der Waals surface area (Å²) in [7, 11) is -3.59. The zero-order valence-corrected chi connectivity index (χ0v) is 16.0. The first-order chi connectivity index (χ1) is 12.3. The molecule has 0 saturated heterocycles. The van der Waals surface area contributed by atoms with Crippen LogP contribution in [-0.2, 0) is 21.2 Å². The van der Waals surface area contributed by atoms with E-state index >= 15 is 0 Å². The maximum absolute atomic E-state index is 12.1. The fourth-order valence-electron chi connectivity index (χ4n) is 2.50. The first kappa shape index (κ1) is 18.3. The van der Waals surface area contributed by atoms with Crippen molar-refractivity contribution in [2.45, 2.75) is 13.3 Å². The Balaban J connectivity index is 2.01. The fourth-order valence-corrected chi connectivity index (χ4v) is 4.07. The third kappa shape index (κ3) is 4.56. The van der Waals surface area contributed by atoms with Gasteiger partial charge in [-0.2, -0.15) is 0 Å². The Morgan fingerprint density at radius 2 is 1.69 bits per heavy atom. The molecule has 134 valence electrons. The second-order valence-corrected chi connectivity index (χ2v) is 8.83. The van der Waals surface area contributed by atoms with E-state index in [-0.39, 0.29) is 6.42 Å². The van der Waals surface area contributed by atoms with Crippen LogP contribution >= 0.6 is 11.3 Å². The zero-order valence-electron chi connectivity index (χ0n) is 14.4. The van der Waals surface area contributed by atoms with Crippen LogP contribution in [0.5, 0.6) is 0 Å². The molecule has 0 fully saturated rings. The van der Waals surface area contributed by atoms with Crippen LogP contribution in [0.15, 0.2) is 54.6 Å². The van der Waals surface area contributed by atoms with Crippen molar-refractivity contribution in [1.29, 1.82) is 0 Å². The van der Waals surface area contributed by atoms with Crippen LogP contribution in [0, 0.1) is 6.92 Å². The summed E-state index contributed by atoms with van der Waals surface area (Å²) in [6.07, 6.45) is 0.925. The van der Waals surface area contributed by atoms with E-state index in [0.717, 1.165) is 32.8 Å². The summed E-state index contributed by atoms with van der Waals surface area (Å²) in [4.78, 5) is 17.5. The Morgan fingerprint density at radius 3 is 2.31 bits per heavy atom. The number of carbonyl (C=O) groups is 1. The summed E-state index contributed by atoms with van der Waals surface area (Å²) in [6.45, 7) is 2.00. The Bertz CT molecular complexity index is 1020. The molecule has 0 saturated carbocycles. The van der Waals surface area contributed by atoms with Crippen molar-refractivity contribution in [2.24, 2.45) is 0 Å². The van der Waals surface area contributed by atoms with Gasteiger partial charge in [-0.25, -0.2) is 13.4 Å². The lowest BCUT2D eigenvalue weighted by molar-refractivity contribution is -0.118. The predicted molar refractivity (Wildman–Crippen MR) is 104 cm³/mol. The second-order valence-electron chi connectivity index (χ2n) is 6.00. The third-order valence-electron chi connectivity index (χ3n) is 3.66. The van der Waals surface area contributed by atoms with E-state index in [4.69, 9.17) is 4.98 Å². The molecule has 5 nitrogen and oxygen atoms in total. The molecule has 0 aliphatic heterocycles. The molecule has 3 rings (SSSR count). The van der Waals surface area contributed by atoms with Crippen LogP contribution in [0.25, 0.3) is 21.8 Å². The smallest absolute Gasteiger partial charge is 0.238 e. The molecule has 1 N–H and O–H groups in total. The quantitative estimate of drug-likeness (QED) is 0.729. The normalized spacial score (nSPS) is 11.3. The van der Waals surface area contributed by atoms with E-state index in [0.29, 0.717) is 5.69 Å². The molecule has 0 spiro atoms. The first-order valence-electron chi connectivity index (χ1n) is 7.94. The first-order valence-corrected chi connectivity index (χ1v) is 10.7. The molecular weight excluding hydrogens is 368 g/mol. The van der Waals surface area contributed by atoms with E-state index in [1.807, 2.05) is 66.2 Å². The van der Waals surface area contributed by atoms with Gasteiger partial charge in [0.15, 0.2) is 0 Å². The lowest BCUT2D eigenvalue weighted by atomic mass is 10.1. The number of benzene rings is 2. The van der Waals surface area contributed by atoms with Crippen LogP contribution in [0.3, 0.4) is 0 Å². The fraction of sp³-hybridized carbons (Fsp3) is 0.158. The van der Waals surface area contributed by atoms with Crippen LogP contribution < -0.4 is 4.72 Å². The summed E-state index contributed by atoms with van der Waals surface area (Å²) in [6, 6.07) is 17.6. The van der Waals surface area contributed by atoms with Crippen molar-refractivity contribution in [3.05, 3.63) is 65.0 Å². The minimum atomic E-state index is -3.59. The molecule has 2 aromatic carbocycles. The minimum absolute atomic E-state index is 0.0409. The number of sulfonamides is 1. The predicted octanol–water partition coefficient (Wildman–Crippen LogP) is 3.40. The van der Waals surface area contributed by atoms with Gasteiger partial charge in [0.25, 0.3) is 0 Å². The summed E-state index contributed by atoms with van der Waals surface area (Å²) < 4.78 is 24.6. The maximum Gasteiger partial charge on any atom is 0.238 e. The lowest BCUT2D eigenvalue weighted by Crippen LogP contribution is -2.30. The number of rotatable bonds is 5. The van der Waals surface area contributed by atoms with E-state index in [2.05, 4.69) is 0 Å². The van der Waals surface area contributed by atoms with E-state index < -0.39 is 15.9 Å². The molecule has 7 heteroatoms. The molecule has 1 heterocycles. The Hall–Kier alpha value is -2.51. The molecule has 0 unspecified atom stereocenters. The van der Waals surface area contributed by atoms with Crippen molar-refractivity contribution >= 4 is 27.3 Å². The standard InChI is InChI=1S/C19H18N2O3S2/c1-13-8-10-14(11-9-13)18-16(12-17(22)21-26(2,23)24)25-19(20-18)15-6-4-3-5-7-15/h3-11H,12H2,1-2H3,(H,21,22). The van der Waals surface area contributed by atoms with Gasteiger partial charge >= 0.3 is 0 Å². The molecular formula is C19H18N2O3S2. The van der Waals surface area contributed by atoms with Crippen LogP contribution in [0.1, 0.15) is 10.4 Å². The number of nitrogens with zero attached hydrogens (tertiary/aromatic N) is 1. The van der Waals surface area contributed by atoms with E-state index in [1.54, 1.807) is 0 Å². The number of nitrogens with one attached hydrogen (secondary N) is 1. The van der Waals surface area contributed by atoms with Gasteiger partial charge in [0.2, 0.25) is 15.9 Å². The minimum Gasteiger partial charge on any atom is -0.274 e. The second kappa shape index (κ2) is 7.39. The monoisotopic (exact) mass is 386 g/mol. The molecule has 0 bridgehead atoms. The summed E-state index contributed by atoms with van der Waals surface area (Å²) in [5.74, 6) is -0.566. The van der Waals surface area contributed by atoms with Gasteiger partial charge < -0.3 is 0 Å². The molecule has 0 aliphatic rings. The summed E-state index contributed by atoms with van der Waals surface area (Å²) in [5.41, 5.74) is 3.69. The van der Waals surface area contributed by atoms with Crippen molar-refractivity contribution in [3.63, 3.8) is 0 Å². The highest BCUT2D eigenvalue weighted by atomic mass is 32.2. The average Bonchev–Trinajstić information content (AvgIpc) is 2.98. The SMILES string of the molecule is Cc1ccc(-c2nc(-c3ccccc3)sc2CC(=O)NS(C)(=O)=O)cc1. The number of aryl methyl sites for hydroxylation is 1. The summed E-state index contributed by atoms with van der Waals surface area (Å²) >= 11 is 1.40. The van der Waals surface area contributed by atoms with Gasteiger partial charge in [0, 0.05) is 16.0 Å². The highest BCUT2D eigenvalue weighted by Gasteiger charge is 2.18. The molecule has 1 amide bonds. The largest absolute Gasteiger partial charge is 0.274 e. The van der Waals surface area contributed by atoms with E-state index in [1.165, 1.54) is 11.3 Å². The van der Waals surface area contributed by atoms with Crippen molar-refractivity contribution < 1.29 is 13.2 Å². The number of thiazole rings is 1. The van der Waals surface area contributed by atoms with Gasteiger partial charge in [0.1, 0.15) is 5.01 Å². The lowest BCUT2D eigenvalue weighted by Gasteiger charge is -2.04. The molecule has 0 atom stereocenters. The maximum atomic E-state index is 12.1. The van der Waals surface area contributed by atoms with Gasteiger partial charge in [0.05, 0.1) is 18.4 Å². The topological polar surface area (TPSA) is 76.1 Å². The van der Waals surface area contributed by atoms with Gasteiger partial charge in [-0.15, -0.1) is 11.3 Å². The molecule has 0 radical (unpaired) electrons. The van der Waals surface area contributed by atoms with Crippen molar-refractivity contribution in [3.8, 4) is 21.8 Å². The van der Waals surface area contributed by atoms with Gasteiger partial charge in [-0.1, -0.05) is 60.2 Å². The van der Waals surface area contributed by atoms with Gasteiger partial charge in [-0.3, -0.25) is 9.52 Å². The van der Waals surface area contributed by atoms with Crippen LogP contribution in [-0.4, -0.2) is 25.6 Å². The summed E-state index contributed by atoms with van der Waals surface area (Å²) in [5, 5.41) is 0.795. The number of hydrogen-bond acceptors (Lipinski definition) is 5. The van der Waals surface area contributed by atoms with Gasteiger partial charge in [-0.05, 0) is 6.92 Å². The molecule has 1 aromatic heterocycles. The third-order valence-corrected chi connectivity index (χ3v) is 5.37. The average molecular weight is 386 g/mol. The number of amides is 1. The van der Waals surface area contributed by atoms with E-state index in [9.17, 15) is 13.2 Å². The van der Waals surface area contributed by atoms with Crippen LogP contribution in [0.4, 0.5) is 0 Å². The highest BCUT2D eigenvalue weighted by molar-refractivity contribution is 7.89.